The number of aryl methyl sites for hydroxylation is 1. The Balaban J connectivity index is 0.000000423. The maximum Gasteiger partial charge on any atom is 0.352 e. The molecule has 2 aromatic carbocycles. The Bertz CT molecular complexity index is 1680. The normalized spacial score (nSPS) is 17.7. The van der Waals surface area contributed by atoms with Gasteiger partial charge >= 0.3 is 5.97 Å². The minimum atomic E-state index is -1.24. The number of benzene rings is 2. The van der Waals surface area contributed by atoms with Gasteiger partial charge in [0.1, 0.15) is 35.3 Å². The van der Waals surface area contributed by atoms with Gasteiger partial charge in [0.25, 0.3) is 11.5 Å². The lowest BCUT2D eigenvalue weighted by Crippen LogP contribution is -2.69. The molecule has 1 saturated heterocycles. The SMILES string of the molecule is CCc1cccs1.O=CNC1C(=O)N2C(C(=O)O)=C(COc3ccccc3-c3nc4ccccc4c(=O)[nH]3)CSC12. The van der Waals surface area contributed by atoms with E-state index in [1.54, 1.807) is 48.5 Å². The summed E-state index contributed by atoms with van der Waals surface area (Å²) in [5, 5.41) is 14.3. The smallest absolute Gasteiger partial charge is 0.352 e. The summed E-state index contributed by atoms with van der Waals surface area (Å²) in [5.74, 6) is -0.667. The van der Waals surface area contributed by atoms with Crippen LogP contribution in [0, 0.1) is 0 Å². The van der Waals surface area contributed by atoms with Crippen LogP contribution in [0.2, 0.25) is 0 Å². The molecule has 1 fully saturated rings. The molecule has 210 valence electrons. The Morgan fingerprint density at radius 2 is 1.95 bits per heavy atom. The van der Waals surface area contributed by atoms with Crippen LogP contribution < -0.4 is 15.6 Å². The number of rotatable bonds is 8. The van der Waals surface area contributed by atoms with Gasteiger partial charge in [-0.3, -0.25) is 19.3 Å². The number of nitrogens with zero attached hydrogens (tertiary/aromatic N) is 2. The number of aliphatic carboxylic acids is 1. The van der Waals surface area contributed by atoms with E-state index in [4.69, 9.17) is 4.74 Å². The molecule has 4 aromatic rings. The fraction of sp³-hybridized carbons (Fsp3) is 0.207. The van der Waals surface area contributed by atoms with Crippen molar-refractivity contribution in [2.75, 3.05) is 12.4 Å². The summed E-state index contributed by atoms with van der Waals surface area (Å²) in [6.07, 6.45) is 1.61. The predicted octanol–water partition coefficient (Wildman–Crippen LogP) is 3.65. The number of aromatic amines is 1. The number of hydrogen-bond acceptors (Lipinski definition) is 8. The molecule has 2 unspecified atom stereocenters. The van der Waals surface area contributed by atoms with Crippen LogP contribution in [0.5, 0.6) is 5.75 Å². The third kappa shape index (κ3) is 5.74. The molecule has 0 aliphatic carbocycles. The number of para-hydroxylation sites is 2. The number of ether oxygens (including phenoxy) is 1. The van der Waals surface area contributed by atoms with E-state index in [0.29, 0.717) is 45.8 Å². The second-order valence-corrected chi connectivity index (χ2v) is 11.2. The van der Waals surface area contributed by atoms with Gasteiger partial charge in [-0.2, -0.15) is 0 Å². The van der Waals surface area contributed by atoms with Crippen molar-refractivity contribution in [2.24, 2.45) is 0 Å². The molecule has 41 heavy (non-hydrogen) atoms. The van der Waals surface area contributed by atoms with Gasteiger partial charge in [-0.15, -0.1) is 23.1 Å². The van der Waals surface area contributed by atoms with E-state index in [1.807, 2.05) is 11.3 Å². The van der Waals surface area contributed by atoms with Crippen LogP contribution in [0.1, 0.15) is 11.8 Å². The first-order valence-electron chi connectivity index (χ1n) is 12.8. The second-order valence-electron chi connectivity index (χ2n) is 9.08. The minimum Gasteiger partial charge on any atom is -0.488 e. The van der Waals surface area contributed by atoms with E-state index in [9.17, 15) is 24.3 Å². The molecular formula is C29H26N4O6S2. The third-order valence-electron chi connectivity index (χ3n) is 6.58. The van der Waals surface area contributed by atoms with Crippen LogP contribution in [0.25, 0.3) is 22.3 Å². The second kappa shape index (κ2) is 12.4. The van der Waals surface area contributed by atoms with Crippen molar-refractivity contribution in [1.82, 2.24) is 20.2 Å². The van der Waals surface area contributed by atoms with Gasteiger partial charge in [0.2, 0.25) is 6.41 Å². The maximum absolute atomic E-state index is 12.5. The Morgan fingerprint density at radius 3 is 2.66 bits per heavy atom. The topological polar surface area (TPSA) is 142 Å². The summed E-state index contributed by atoms with van der Waals surface area (Å²) < 4.78 is 5.97. The average Bonchev–Trinajstić information content (AvgIpc) is 3.53. The molecule has 6 rings (SSSR count). The van der Waals surface area contributed by atoms with E-state index in [1.165, 1.54) is 28.0 Å². The highest BCUT2D eigenvalue weighted by atomic mass is 32.2. The minimum absolute atomic E-state index is 0.0776. The lowest BCUT2D eigenvalue weighted by Gasteiger charge is -2.49. The highest BCUT2D eigenvalue weighted by Gasteiger charge is 2.53. The van der Waals surface area contributed by atoms with Crippen LogP contribution in [-0.4, -0.2) is 62.0 Å². The quantitative estimate of drug-likeness (QED) is 0.209. The highest BCUT2D eigenvalue weighted by molar-refractivity contribution is 8.00. The van der Waals surface area contributed by atoms with Crippen molar-refractivity contribution < 1.29 is 24.2 Å². The monoisotopic (exact) mass is 590 g/mol. The van der Waals surface area contributed by atoms with Crippen LogP contribution >= 0.6 is 23.1 Å². The molecule has 0 radical (unpaired) electrons. The fourth-order valence-corrected chi connectivity index (χ4v) is 6.56. The molecule has 2 atom stereocenters. The molecule has 3 N–H and O–H groups in total. The van der Waals surface area contributed by atoms with Crippen molar-refractivity contribution in [1.29, 1.82) is 0 Å². The maximum atomic E-state index is 12.5. The fourth-order valence-electron chi connectivity index (χ4n) is 4.57. The molecule has 4 heterocycles. The van der Waals surface area contributed by atoms with Crippen molar-refractivity contribution in [3.05, 3.63) is 92.5 Å². The van der Waals surface area contributed by atoms with Crippen LogP contribution in [-0.2, 0) is 20.8 Å². The summed E-state index contributed by atoms with van der Waals surface area (Å²) >= 11 is 3.18. The number of nitrogens with one attached hydrogen (secondary N) is 2. The lowest BCUT2D eigenvalue weighted by molar-refractivity contribution is -0.149. The number of aromatic nitrogens is 2. The van der Waals surface area contributed by atoms with Crippen molar-refractivity contribution in [3.8, 4) is 17.1 Å². The van der Waals surface area contributed by atoms with E-state index >= 15 is 0 Å². The number of carbonyl (C=O) groups excluding carboxylic acids is 2. The van der Waals surface area contributed by atoms with Gasteiger partial charge in [-0.25, -0.2) is 9.78 Å². The van der Waals surface area contributed by atoms with Gasteiger partial charge in [0.15, 0.2) is 0 Å². The van der Waals surface area contributed by atoms with Crippen molar-refractivity contribution in [3.63, 3.8) is 0 Å². The molecule has 2 aliphatic rings. The first-order chi connectivity index (χ1) is 19.9. The summed E-state index contributed by atoms with van der Waals surface area (Å²) in [5.41, 5.74) is 1.10. The summed E-state index contributed by atoms with van der Waals surface area (Å²) in [6, 6.07) is 17.5. The van der Waals surface area contributed by atoms with Gasteiger partial charge in [-0.05, 0) is 42.1 Å². The van der Waals surface area contributed by atoms with Crippen LogP contribution in [0.4, 0.5) is 0 Å². The van der Waals surface area contributed by atoms with E-state index in [-0.39, 0.29) is 17.9 Å². The Morgan fingerprint density at radius 1 is 1.17 bits per heavy atom. The number of carbonyl (C=O) groups is 3. The first-order valence-corrected chi connectivity index (χ1v) is 14.7. The van der Waals surface area contributed by atoms with Gasteiger partial charge in [0, 0.05) is 16.2 Å². The Kier molecular flexibility index (Phi) is 8.50. The van der Waals surface area contributed by atoms with Crippen LogP contribution in [0.3, 0.4) is 0 Å². The van der Waals surface area contributed by atoms with Crippen LogP contribution in [0.15, 0.2) is 82.1 Å². The highest BCUT2D eigenvalue weighted by Crippen LogP contribution is 2.40. The predicted molar refractivity (Wildman–Crippen MR) is 158 cm³/mol. The number of H-pyrrole nitrogens is 1. The van der Waals surface area contributed by atoms with E-state index < -0.39 is 23.3 Å². The molecule has 2 aliphatic heterocycles. The number of thiophene rings is 1. The zero-order chi connectivity index (χ0) is 28.9. The zero-order valence-corrected chi connectivity index (χ0v) is 23.5. The third-order valence-corrected chi connectivity index (χ3v) is 8.94. The molecular weight excluding hydrogens is 564 g/mol. The summed E-state index contributed by atoms with van der Waals surface area (Å²) in [7, 11) is 0. The number of thioether (sulfide) groups is 1. The number of carboxylic acids is 1. The molecule has 0 spiro atoms. The van der Waals surface area contributed by atoms with Gasteiger partial charge in [0.05, 0.1) is 16.5 Å². The molecule has 2 aromatic heterocycles. The van der Waals surface area contributed by atoms with Gasteiger partial charge < -0.3 is 20.1 Å². The zero-order valence-electron chi connectivity index (χ0n) is 21.9. The van der Waals surface area contributed by atoms with E-state index in [0.717, 1.165) is 0 Å². The molecule has 12 heteroatoms. The van der Waals surface area contributed by atoms with E-state index in [2.05, 4.69) is 39.7 Å². The molecule has 0 bridgehead atoms. The Hall–Kier alpha value is -4.42. The molecule has 2 amide bonds. The standard InChI is InChI=1S/C23H18N4O6S.C6H8S/c28-11-24-17-21(30)27-18(23(31)32)12(10-34-22(17)27)9-33-16-8-4-2-6-14(16)19-25-15-7-3-1-5-13(15)20(29)26-19;1-2-6-4-3-5-7-6/h1-8,11,17,22H,9-10H2,(H,24,28)(H,31,32)(H,25,26,29);3-5H,2H2,1H3. The first kappa shape index (κ1) is 28.1. The number of β-lactam (4-membered cyclic amide) rings is 1. The number of amides is 2. The van der Waals surface area contributed by atoms with Crippen molar-refractivity contribution >= 4 is 52.3 Å². The van der Waals surface area contributed by atoms with Crippen molar-refractivity contribution in [2.45, 2.75) is 24.8 Å². The number of fused-ring (bicyclic) bond motifs is 2. The largest absolute Gasteiger partial charge is 0.488 e. The number of carboxylic acid groups (broad SMARTS) is 1. The van der Waals surface area contributed by atoms with Gasteiger partial charge in [-0.1, -0.05) is 37.3 Å². The number of hydrogen-bond donors (Lipinski definition) is 3. The Labute approximate surface area is 243 Å². The summed E-state index contributed by atoms with van der Waals surface area (Å²) in [6.45, 7) is 2.09. The average molecular weight is 591 g/mol. The lowest BCUT2D eigenvalue weighted by atomic mass is 10.0. The summed E-state index contributed by atoms with van der Waals surface area (Å²) in [4.78, 5) is 57.6. The molecule has 0 saturated carbocycles. The molecule has 10 nitrogen and oxygen atoms in total.